The number of hydrogen-bond acceptors (Lipinski definition) is 5. The molecule has 1 atom stereocenters. The highest BCUT2D eigenvalue weighted by atomic mass is 35.5. The molecular weight excluding hydrogens is 561 g/mol. The Labute approximate surface area is 231 Å². The van der Waals surface area contributed by atoms with E-state index in [4.69, 9.17) is 32.9 Å². The molecule has 3 aromatic rings. The molecule has 6 nitrogen and oxygen atoms in total. The maximum absolute atomic E-state index is 14.4. The number of fused-ring (bicyclic) bond motifs is 1. The summed E-state index contributed by atoms with van der Waals surface area (Å²) in [5.74, 6) is -1.47. The van der Waals surface area contributed by atoms with Crippen LogP contribution < -0.4 is 16.3 Å². The molecule has 206 valence electrons. The monoisotopic (exact) mass is 583 g/mol. The molecule has 1 heterocycles. The molecule has 0 spiro atoms. The minimum absolute atomic E-state index is 0.0135. The normalized spacial score (nSPS) is 17.4. The molecule has 39 heavy (non-hydrogen) atoms. The van der Waals surface area contributed by atoms with Crippen molar-refractivity contribution in [3.63, 3.8) is 0 Å². The van der Waals surface area contributed by atoms with Gasteiger partial charge in [0.1, 0.15) is 0 Å². The van der Waals surface area contributed by atoms with Crippen LogP contribution in [0.25, 0.3) is 16.5 Å². The first-order valence-electron chi connectivity index (χ1n) is 11.8. The fraction of sp³-hybridized carbons (Fsp3) is 0.222. The van der Waals surface area contributed by atoms with Gasteiger partial charge in [0.05, 0.1) is 22.3 Å². The van der Waals surface area contributed by atoms with Gasteiger partial charge >= 0.3 is 6.18 Å². The predicted molar refractivity (Wildman–Crippen MR) is 141 cm³/mol. The zero-order valence-electron chi connectivity index (χ0n) is 20.5. The summed E-state index contributed by atoms with van der Waals surface area (Å²) in [7, 11) is 0. The van der Waals surface area contributed by atoms with Crippen LogP contribution in [0.3, 0.4) is 0 Å². The Morgan fingerprint density at radius 1 is 1.10 bits per heavy atom. The first kappa shape index (κ1) is 28.7. The SMILES string of the molecule is CCCCONC=CNC(=O)c1ccc(C2=CC(c3cc(Cl)c(F)c(Cl)c3)(C(F)(F)F)ON2)c2ccccc12. The zero-order valence-corrected chi connectivity index (χ0v) is 22.0. The van der Waals surface area contributed by atoms with E-state index < -0.39 is 39.1 Å². The van der Waals surface area contributed by atoms with Gasteiger partial charge < -0.3 is 5.32 Å². The quantitative estimate of drug-likeness (QED) is 0.108. The molecule has 0 fully saturated rings. The smallest absolute Gasteiger partial charge is 0.327 e. The predicted octanol–water partition coefficient (Wildman–Crippen LogP) is 7.14. The van der Waals surface area contributed by atoms with Crippen molar-refractivity contribution in [3.05, 3.63) is 99.6 Å². The molecule has 1 aliphatic heterocycles. The molecule has 12 heteroatoms. The summed E-state index contributed by atoms with van der Waals surface area (Å²) >= 11 is 11.6. The molecule has 0 aromatic heterocycles. The number of carbonyl (C=O) groups is 1. The number of carbonyl (C=O) groups excluding carboxylic acids is 1. The van der Waals surface area contributed by atoms with E-state index in [1.165, 1.54) is 24.5 Å². The third kappa shape index (κ3) is 5.84. The van der Waals surface area contributed by atoms with Gasteiger partial charge in [0.15, 0.2) is 5.82 Å². The molecule has 1 aliphatic rings. The molecule has 0 saturated carbocycles. The molecule has 0 radical (unpaired) electrons. The van der Waals surface area contributed by atoms with Crippen LogP contribution in [0.2, 0.25) is 10.0 Å². The summed E-state index contributed by atoms with van der Waals surface area (Å²) < 4.78 is 57.2. The Hall–Kier alpha value is -3.31. The van der Waals surface area contributed by atoms with Gasteiger partial charge in [-0.1, -0.05) is 66.9 Å². The number of halogens is 6. The van der Waals surface area contributed by atoms with Crippen LogP contribution in [-0.4, -0.2) is 18.7 Å². The van der Waals surface area contributed by atoms with E-state index in [-0.39, 0.29) is 5.70 Å². The number of alkyl halides is 3. The van der Waals surface area contributed by atoms with Crippen molar-refractivity contribution in [2.24, 2.45) is 0 Å². The standard InChI is InChI=1S/C27H23Cl2F4N3O3/c1-2-3-12-38-35-11-10-34-25(37)20-9-8-19(17-6-4-5-7-18(17)20)23-15-26(39-36-23,27(31,32)33)16-13-21(28)24(30)22(29)14-16/h4-11,13-15,35-36H,2-3,12H2,1H3,(H,34,37). The zero-order chi connectivity index (χ0) is 28.2. The van der Waals surface area contributed by atoms with Crippen LogP contribution in [0.5, 0.6) is 0 Å². The molecule has 4 rings (SSSR count). The Balaban J connectivity index is 1.68. The van der Waals surface area contributed by atoms with Gasteiger partial charge in [-0.2, -0.15) is 13.2 Å². The summed E-state index contributed by atoms with van der Waals surface area (Å²) in [4.78, 5) is 23.1. The third-order valence-electron chi connectivity index (χ3n) is 6.01. The van der Waals surface area contributed by atoms with Crippen LogP contribution in [0.15, 0.2) is 67.0 Å². The van der Waals surface area contributed by atoms with Crippen LogP contribution in [0.1, 0.15) is 41.3 Å². The van der Waals surface area contributed by atoms with E-state index in [2.05, 4.69) is 16.3 Å². The highest BCUT2D eigenvalue weighted by Crippen LogP contribution is 2.49. The van der Waals surface area contributed by atoms with Gasteiger partial charge in [-0.05, 0) is 41.5 Å². The van der Waals surface area contributed by atoms with Gasteiger partial charge in [-0.3, -0.25) is 25.4 Å². The van der Waals surface area contributed by atoms with E-state index in [9.17, 15) is 22.4 Å². The lowest BCUT2D eigenvalue weighted by atomic mass is 9.90. The van der Waals surface area contributed by atoms with Crippen LogP contribution >= 0.6 is 23.2 Å². The average Bonchev–Trinajstić information content (AvgIpc) is 3.37. The minimum atomic E-state index is -4.97. The van der Waals surface area contributed by atoms with Crippen LogP contribution in [0.4, 0.5) is 17.6 Å². The molecule has 1 amide bonds. The van der Waals surface area contributed by atoms with Crippen LogP contribution in [-0.2, 0) is 15.3 Å². The summed E-state index contributed by atoms with van der Waals surface area (Å²) in [6.07, 6.45) is 0.541. The number of hydrogen-bond donors (Lipinski definition) is 3. The second kappa shape index (κ2) is 11.8. The number of hydroxylamine groups is 2. The van der Waals surface area contributed by atoms with Crippen LogP contribution in [0, 0.1) is 5.82 Å². The van der Waals surface area contributed by atoms with Crippen molar-refractivity contribution < 1.29 is 32.0 Å². The molecule has 3 aromatic carbocycles. The van der Waals surface area contributed by atoms with E-state index in [1.807, 2.05) is 6.92 Å². The van der Waals surface area contributed by atoms with Gasteiger partial charge in [-0.15, -0.1) is 0 Å². The van der Waals surface area contributed by atoms with Crippen molar-refractivity contribution in [1.82, 2.24) is 16.3 Å². The van der Waals surface area contributed by atoms with Gasteiger partial charge in [0.25, 0.3) is 5.91 Å². The van der Waals surface area contributed by atoms with E-state index in [1.54, 1.807) is 24.3 Å². The highest BCUT2D eigenvalue weighted by Gasteiger charge is 2.60. The molecule has 3 N–H and O–H groups in total. The summed E-state index contributed by atoms with van der Waals surface area (Å²) in [6, 6.07) is 11.4. The molecular formula is C27H23Cl2F4N3O3. The highest BCUT2D eigenvalue weighted by molar-refractivity contribution is 6.35. The van der Waals surface area contributed by atoms with Gasteiger partial charge in [0.2, 0.25) is 5.60 Å². The molecule has 0 bridgehead atoms. The summed E-state index contributed by atoms with van der Waals surface area (Å²) in [6.45, 7) is 2.55. The second-order valence-electron chi connectivity index (χ2n) is 8.58. The Morgan fingerprint density at radius 3 is 2.46 bits per heavy atom. The summed E-state index contributed by atoms with van der Waals surface area (Å²) in [5.41, 5.74) is 2.07. The van der Waals surface area contributed by atoms with Gasteiger partial charge in [0, 0.05) is 29.1 Å². The molecule has 1 unspecified atom stereocenters. The van der Waals surface area contributed by atoms with Gasteiger partial charge in [-0.25, -0.2) is 4.39 Å². The minimum Gasteiger partial charge on any atom is -0.327 e. The van der Waals surface area contributed by atoms with Crippen molar-refractivity contribution in [2.45, 2.75) is 31.5 Å². The fourth-order valence-corrected chi connectivity index (χ4v) is 4.52. The number of amides is 1. The second-order valence-corrected chi connectivity index (χ2v) is 9.40. The summed E-state index contributed by atoms with van der Waals surface area (Å²) in [5, 5.41) is 2.45. The molecule has 0 saturated heterocycles. The third-order valence-corrected chi connectivity index (χ3v) is 6.56. The first-order chi connectivity index (χ1) is 18.6. The topological polar surface area (TPSA) is 71.6 Å². The lowest BCUT2D eigenvalue weighted by Crippen LogP contribution is -2.42. The van der Waals surface area contributed by atoms with Crippen molar-refractivity contribution in [3.8, 4) is 0 Å². The van der Waals surface area contributed by atoms with E-state index in [0.29, 0.717) is 28.5 Å². The largest absolute Gasteiger partial charge is 0.428 e. The lowest BCUT2D eigenvalue weighted by Gasteiger charge is -2.28. The average molecular weight is 584 g/mol. The maximum atomic E-state index is 14.4. The Bertz CT molecular complexity index is 1420. The fourth-order valence-electron chi connectivity index (χ4n) is 4.03. The maximum Gasteiger partial charge on any atom is 0.428 e. The Morgan fingerprint density at radius 2 is 1.79 bits per heavy atom. The van der Waals surface area contributed by atoms with E-state index >= 15 is 0 Å². The number of nitrogens with one attached hydrogen (secondary N) is 3. The number of benzene rings is 3. The van der Waals surface area contributed by atoms with Crippen molar-refractivity contribution >= 4 is 45.6 Å². The van der Waals surface area contributed by atoms with Crippen molar-refractivity contribution in [1.29, 1.82) is 0 Å². The Kier molecular flexibility index (Phi) is 8.70. The number of unbranched alkanes of at least 4 members (excludes halogenated alkanes) is 1. The first-order valence-corrected chi connectivity index (χ1v) is 12.6. The van der Waals surface area contributed by atoms with E-state index in [0.717, 1.165) is 31.1 Å². The van der Waals surface area contributed by atoms with Crippen molar-refractivity contribution in [2.75, 3.05) is 6.61 Å². The lowest BCUT2D eigenvalue weighted by molar-refractivity contribution is -0.269. The molecule has 0 aliphatic carbocycles. The number of rotatable bonds is 9.